The molecule has 0 aliphatic carbocycles. The Kier molecular flexibility index (Phi) is 3.41. The van der Waals surface area contributed by atoms with Gasteiger partial charge in [-0.05, 0) is 42.8 Å². The van der Waals surface area contributed by atoms with Crippen molar-refractivity contribution in [1.82, 2.24) is 4.98 Å². The Morgan fingerprint density at radius 1 is 1.47 bits per heavy atom. The molecule has 0 amide bonds. The third-order valence-corrected chi connectivity index (χ3v) is 2.93. The van der Waals surface area contributed by atoms with Crippen LogP contribution in [0.15, 0.2) is 16.7 Å². The summed E-state index contributed by atoms with van der Waals surface area (Å²) in [6, 6.07) is 1.75. The molecule has 2 rings (SSSR count). The first-order chi connectivity index (χ1) is 7.85. The van der Waals surface area contributed by atoms with Crippen molar-refractivity contribution in [3.8, 4) is 0 Å². The van der Waals surface area contributed by atoms with Crippen LogP contribution >= 0.6 is 15.9 Å². The Morgan fingerprint density at radius 2 is 2.12 bits per heavy atom. The van der Waals surface area contributed by atoms with E-state index in [9.17, 15) is 4.39 Å². The fraction of sp³-hybridized carbons (Fsp3) is 0.583. The fourth-order valence-corrected chi connectivity index (χ4v) is 2.16. The van der Waals surface area contributed by atoms with E-state index in [0.717, 1.165) is 4.47 Å². The zero-order valence-electron chi connectivity index (χ0n) is 10.2. The fourth-order valence-electron chi connectivity index (χ4n) is 1.84. The minimum Gasteiger partial charge on any atom is -0.369 e. The molecule has 0 atom stereocenters. The van der Waals surface area contributed by atoms with Crippen LogP contribution in [0.1, 0.15) is 20.8 Å². The maximum Gasteiger partial charge on any atom is 0.236 e. The highest BCUT2D eigenvalue weighted by atomic mass is 79.9. The Bertz CT molecular complexity index is 413. The van der Waals surface area contributed by atoms with E-state index in [2.05, 4.69) is 20.9 Å². The molecule has 0 spiro atoms. The summed E-state index contributed by atoms with van der Waals surface area (Å²) in [5, 5.41) is 0. The van der Waals surface area contributed by atoms with Gasteiger partial charge in [-0.2, -0.15) is 4.39 Å². The second kappa shape index (κ2) is 4.53. The predicted octanol–water partition coefficient (Wildman–Crippen LogP) is 2.99. The van der Waals surface area contributed by atoms with Gasteiger partial charge in [0, 0.05) is 23.8 Å². The molecule has 5 heteroatoms. The number of ether oxygens (including phenoxy) is 1. The number of halogens is 2. The highest BCUT2D eigenvalue weighted by molar-refractivity contribution is 9.10. The SMILES string of the molecule is CC(C)(C)OC1CN(c2cc(Br)cnc2F)C1. The van der Waals surface area contributed by atoms with Gasteiger partial charge in [0.1, 0.15) is 0 Å². The van der Waals surface area contributed by atoms with Gasteiger partial charge in [-0.1, -0.05) is 0 Å². The van der Waals surface area contributed by atoms with Gasteiger partial charge in [0.2, 0.25) is 5.95 Å². The standard InChI is InChI=1S/C12H16BrFN2O/c1-12(2,3)17-9-6-16(7-9)10-4-8(13)5-15-11(10)14/h4-5,9H,6-7H2,1-3H3. The summed E-state index contributed by atoms with van der Waals surface area (Å²) in [6.45, 7) is 7.50. The Hall–Kier alpha value is -0.680. The first kappa shape index (κ1) is 12.8. The molecule has 0 unspecified atom stereocenters. The number of hydrogen-bond acceptors (Lipinski definition) is 3. The lowest BCUT2D eigenvalue weighted by atomic mass is 10.1. The molecule has 0 saturated carbocycles. The smallest absolute Gasteiger partial charge is 0.236 e. The van der Waals surface area contributed by atoms with Gasteiger partial charge < -0.3 is 9.64 Å². The van der Waals surface area contributed by atoms with Crippen molar-refractivity contribution in [3.05, 3.63) is 22.7 Å². The lowest BCUT2D eigenvalue weighted by Gasteiger charge is -2.43. The topological polar surface area (TPSA) is 25.4 Å². The third kappa shape index (κ3) is 3.16. The van der Waals surface area contributed by atoms with E-state index < -0.39 is 5.95 Å². The van der Waals surface area contributed by atoms with Crippen LogP contribution in [-0.2, 0) is 4.74 Å². The van der Waals surface area contributed by atoms with Crippen LogP contribution in [0.4, 0.5) is 10.1 Å². The van der Waals surface area contributed by atoms with Crippen LogP contribution in [-0.4, -0.2) is 29.8 Å². The van der Waals surface area contributed by atoms with E-state index in [1.54, 1.807) is 6.07 Å². The maximum absolute atomic E-state index is 13.5. The molecule has 1 aromatic heterocycles. The highest BCUT2D eigenvalue weighted by Gasteiger charge is 2.32. The van der Waals surface area contributed by atoms with Crippen molar-refractivity contribution in [2.75, 3.05) is 18.0 Å². The molecule has 0 bridgehead atoms. The third-order valence-electron chi connectivity index (χ3n) is 2.50. The van der Waals surface area contributed by atoms with Gasteiger partial charge in [0.15, 0.2) is 0 Å². The normalized spacial score (nSPS) is 17.1. The zero-order chi connectivity index (χ0) is 12.6. The minimum atomic E-state index is -0.428. The summed E-state index contributed by atoms with van der Waals surface area (Å²) in [5.74, 6) is -0.428. The minimum absolute atomic E-state index is 0.148. The summed E-state index contributed by atoms with van der Waals surface area (Å²) in [7, 11) is 0. The molecule has 1 fully saturated rings. The van der Waals surface area contributed by atoms with Gasteiger partial charge in [-0.3, -0.25) is 0 Å². The Morgan fingerprint density at radius 3 is 2.71 bits per heavy atom. The lowest BCUT2D eigenvalue weighted by Crippen LogP contribution is -2.54. The quantitative estimate of drug-likeness (QED) is 0.785. The lowest BCUT2D eigenvalue weighted by molar-refractivity contribution is -0.0703. The summed E-state index contributed by atoms with van der Waals surface area (Å²) in [6.07, 6.45) is 1.63. The van der Waals surface area contributed by atoms with Crippen molar-refractivity contribution in [1.29, 1.82) is 0 Å². The van der Waals surface area contributed by atoms with Crippen LogP contribution in [0, 0.1) is 5.95 Å². The number of hydrogen-bond donors (Lipinski definition) is 0. The average molecular weight is 303 g/mol. The van der Waals surface area contributed by atoms with E-state index in [-0.39, 0.29) is 11.7 Å². The molecule has 1 aromatic rings. The van der Waals surface area contributed by atoms with Crippen LogP contribution in [0.2, 0.25) is 0 Å². The summed E-state index contributed by atoms with van der Waals surface area (Å²) in [4.78, 5) is 5.62. The monoisotopic (exact) mass is 302 g/mol. The average Bonchev–Trinajstić information content (AvgIpc) is 2.14. The van der Waals surface area contributed by atoms with E-state index >= 15 is 0 Å². The van der Waals surface area contributed by atoms with Crippen molar-refractivity contribution in [3.63, 3.8) is 0 Å². The molecule has 17 heavy (non-hydrogen) atoms. The van der Waals surface area contributed by atoms with Crippen molar-refractivity contribution >= 4 is 21.6 Å². The van der Waals surface area contributed by atoms with E-state index in [0.29, 0.717) is 18.8 Å². The number of nitrogens with zero attached hydrogens (tertiary/aromatic N) is 2. The molecule has 2 heterocycles. The second-order valence-corrected chi connectivity index (χ2v) is 6.14. The first-order valence-electron chi connectivity index (χ1n) is 5.59. The van der Waals surface area contributed by atoms with Gasteiger partial charge in [-0.25, -0.2) is 4.98 Å². The molecule has 94 valence electrons. The van der Waals surface area contributed by atoms with E-state index in [1.807, 2.05) is 25.7 Å². The molecular formula is C12H16BrFN2O. The van der Waals surface area contributed by atoms with Crippen molar-refractivity contribution < 1.29 is 9.13 Å². The van der Waals surface area contributed by atoms with Crippen molar-refractivity contribution in [2.45, 2.75) is 32.5 Å². The molecule has 0 aromatic carbocycles. The first-order valence-corrected chi connectivity index (χ1v) is 6.38. The summed E-state index contributed by atoms with van der Waals surface area (Å²) >= 11 is 3.29. The van der Waals surface area contributed by atoms with E-state index in [1.165, 1.54) is 6.20 Å². The maximum atomic E-state index is 13.5. The Balaban J connectivity index is 1.97. The number of aromatic nitrogens is 1. The second-order valence-electron chi connectivity index (χ2n) is 5.22. The van der Waals surface area contributed by atoms with E-state index in [4.69, 9.17) is 4.74 Å². The molecular weight excluding hydrogens is 287 g/mol. The van der Waals surface area contributed by atoms with Crippen molar-refractivity contribution in [2.24, 2.45) is 0 Å². The number of rotatable bonds is 2. The summed E-state index contributed by atoms with van der Waals surface area (Å²) < 4.78 is 20.1. The molecule has 1 saturated heterocycles. The highest BCUT2D eigenvalue weighted by Crippen LogP contribution is 2.28. The number of anilines is 1. The van der Waals surface area contributed by atoms with Gasteiger partial charge in [0.05, 0.1) is 17.4 Å². The van der Waals surface area contributed by atoms with Crippen LogP contribution < -0.4 is 4.90 Å². The molecule has 0 radical (unpaired) electrons. The summed E-state index contributed by atoms with van der Waals surface area (Å²) in [5.41, 5.74) is 0.387. The van der Waals surface area contributed by atoms with Crippen LogP contribution in [0.3, 0.4) is 0 Å². The zero-order valence-corrected chi connectivity index (χ0v) is 11.8. The molecule has 0 N–H and O–H groups in total. The van der Waals surface area contributed by atoms with Gasteiger partial charge in [0.25, 0.3) is 0 Å². The van der Waals surface area contributed by atoms with Crippen LogP contribution in [0.25, 0.3) is 0 Å². The van der Waals surface area contributed by atoms with Crippen LogP contribution in [0.5, 0.6) is 0 Å². The largest absolute Gasteiger partial charge is 0.369 e. The Labute approximate surface area is 109 Å². The molecule has 1 aliphatic heterocycles. The van der Waals surface area contributed by atoms with Gasteiger partial charge in [-0.15, -0.1) is 0 Å². The molecule has 1 aliphatic rings. The van der Waals surface area contributed by atoms with Gasteiger partial charge >= 0.3 is 0 Å². The number of pyridine rings is 1. The predicted molar refractivity (Wildman–Crippen MR) is 68.7 cm³/mol. The molecule has 3 nitrogen and oxygen atoms in total.